The standard InChI is InChI=1S/C10H14N2O.C10H14N2S/c2*1-8(2)11-10(13)12-9-6-4-3-5-7-9/h2*3-8H,1-2H3,(H2,11,12,13). The van der Waals surface area contributed by atoms with E-state index in [1.807, 2.05) is 74.5 Å². The molecule has 0 bridgehead atoms. The number of thiocarbonyl (C=S) groups is 1. The lowest BCUT2D eigenvalue weighted by molar-refractivity contribution is 0.250. The molecule has 0 unspecified atom stereocenters. The van der Waals surface area contributed by atoms with Crippen molar-refractivity contribution in [1.29, 1.82) is 0 Å². The van der Waals surface area contributed by atoms with Crippen molar-refractivity contribution in [2.24, 2.45) is 0 Å². The summed E-state index contributed by atoms with van der Waals surface area (Å²) in [4.78, 5) is 11.2. The highest BCUT2D eigenvalue weighted by Gasteiger charge is 2.01. The van der Waals surface area contributed by atoms with Crippen LogP contribution < -0.4 is 21.3 Å². The Hall–Kier alpha value is -2.60. The van der Waals surface area contributed by atoms with E-state index in [0.717, 1.165) is 11.4 Å². The molecule has 0 saturated carbocycles. The number of carbonyl (C=O) groups is 1. The van der Waals surface area contributed by atoms with Crippen molar-refractivity contribution in [2.75, 3.05) is 10.6 Å². The highest BCUT2D eigenvalue weighted by molar-refractivity contribution is 7.80. The van der Waals surface area contributed by atoms with Gasteiger partial charge in [0.05, 0.1) is 0 Å². The van der Waals surface area contributed by atoms with Crippen molar-refractivity contribution in [1.82, 2.24) is 10.6 Å². The van der Waals surface area contributed by atoms with Crippen LogP contribution in [0.4, 0.5) is 16.2 Å². The van der Waals surface area contributed by atoms with Crippen LogP contribution in [0.1, 0.15) is 27.7 Å². The first-order valence-corrected chi connectivity index (χ1v) is 9.02. The first-order valence-electron chi connectivity index (χ1n) is 8.62. The third-order valence-electron chi connectivity index (χ3n) is 2.90. The number of amides is 2. The Labute approximate surface area is 161 Å². The van der Waals surface area contributed by atoms with Gasteiger partial charge in [-0.2, -0.15) is 0 Å². The predicted molar refractivity (Wildman–Crippen MR) is 115 cm³/mol. The molecule has 0 aliphatic heterocycles. The van der Waals surface area contributed by atoms with Crippen molar-refractivity contribution < 1.29 is 4.79 Å². The molecule has 2 aromatic rings. The second-order valence-corrected chi connectivity index (χ2v) is 6.65. The molecule has 0 saturated heterocycles. The molecule has 0 aliphatic rings. The summed E-state index contributed by atoms with van der Waals surface area (Å²) < 4.78 is 0. The Balaban J connectivity index is 0.000000260. The van der Waals surface area contributed by atoms with Crippen molar-refractivity contribution in [3.63, 3.8) is 0 Å². The van der Waals surface area contributed by atoms with Crippen LogP contribution in [-0.4, -0.2) is 23.2 Å². The maximum Gasteiger partial charge on any atom is 0.319 e. The summed E-state index contributed by atoms with van der Waals surface area (Å²) in [5.74, 6) is 0. The molecule has 6 heteroatoms. The fourth-order valence-electron chi connectivity index (χ4n) is 1.90. The SMILES string of the molecule is CC(C)NC(=O)Nc1ccccc1.CC(C)NC(=S)Nc1ccccc1. The molecule has 0 spiro atoms. The number of benzene rings is 2. The third kappa shape index (κ3) is 10.3. The van der Waals surface area contributed by atoms with E-state index in [0.29, 0.717) is 11.2 Å². The first kappa shape index (κ1) is 21.4. The minimum atomic E-state index is -0.166. The van der Waals surface area contributed by atoms with Gasteiger partial charge in [-0.15, -0.1) is 0 Å². The smallest absolute Gasteiger partial charge is 0.319 e. The molecule has 2 aromatic carbocycles. The summed E-state index contributed by atoms with van der Waals surface area (Å²) >= 11 is 5.09. The Morgan fingerprint density at radius 1 is 0.731 bits per heavy atom. The molecule has 0 fully saturated rings. The summed E-state index contributed by atoms with van der Waals surface area (Å²) in [5.41, 5.74) is 1.82. The van der Waals surface area contributed by atoms with Crippen LogP contribution in [0, 0.1) is 0 Å². The average molecular weight is 373 g/mol. The van der Waals surface area contributed by atoms with Gasteiger partial charge in [-0.3, -0.25) is 0 Å². The highest BCUT2D eigenvalue weighted by atomic mass is 32.1. The van der Waals surface area contributed by atoms with E-state index >= 15 is 0 Å². The molecule has 0 heterocycles. The zero-order valence-electron chi connectivity index (χ0n) is 15.7. The average Bonchev–Trinajstić information content (AvgIpc) is 2.55. The molecule has 0 radical (unpaired) electrons. The maximum absolute atomic E-state index is 11.2. The third-order valence-corrected chi connectivity index (χ3v) is 3.12. The molecule has 26 heavy (non-hydrogen) atoms. The van der Waals surface area contributed by atoms with Crippen LogP contribution in [0.2, 0.25) is 0 Å². The fourth-order valence-corrected chi connectivity index (χ4v) is 2.26. The second-order valence-electron chi connectivity index (χ2n) is 6.24. The zero-order chi connectivity index (χ0) is 19.4. The minimum absolute atomic E-state index is 0.156. The number of hydrogen-bond donors (Lipinski definition) is 4. The molecule has 2 rings (SSSR count). The van der Waals surface area contributed by atoms with E-state index in [2.05, 4.69) is 35.1 Å². The van der Waals surface area contributed by atoms with Crippen LogP contribution in [0.15, 0.2) is 60.7 Å². The topological polar surface area (TPSA) is 65.2 Å². The quantitative estimate of drug-likeness (QED) is 0.592. The summed E-state index contributed by atoms with van der Waals surface area (Å²) in [6, 6.07) is 19.6. The number of anilines is 2. The molecular formula is C20H28N4OS. The van der Waals surface area contributed by atoms with Gasteiger partial charge in [0.2, 0.25) is 0 Å². The van der Waals surface area contributed by atoms with E-state index < -0.39 is 0 Å². The van der Waals surface area contributed by atoms with E-state index in [4.69, 9.17) is 12.2 Å². The fraction of sp³-hybridized carbons (Fsp3) is 0.300. The van der Waals surface area contributed by atoms with Crippen LogP contribution in [0.3, 0.4) is 0 Å². The summed E-state index contributed by atoms with van der Waals surface area (Å²) in [6.45, 7) is 7.95. The van der Waals surface area contributed by atoms with Gasteiger partial charge in [-0.1, -0.05) is 36.4 Å². The lowest BCUT2D eigenvalue weighted by atomic mass is 10.3. The predicted octanol–water partition coefficient (Wildman–Crippen LogP) is 4.60. The number of urea groups is 1. The van der Waals surface area contributed by atoms with Gasteiger partial charge in [-0.25, -0.2) is 4.79 Å². The van der Waals surface area contributed by atoms with Crippen molar-refractivity contribution in [3.8, 4) is 0 Å². The van der Waals surface area contributed by atoms with E-state index in [1.165, 1.54) is 0 Å². The summed E-state index contributed by atoms with van der Waals surface area (Å²) in [6.07, 6.45) is 0. The van der Waals surface area contributed by atoms with Gasteiger partial charge in [0.1, 0.15) is 0 Å². The van der Waals surface area contributed by atoms with E-state index in [9.17, 15) is 4.79 Å². The number of rotatable bonds is 4. The molecule has 140 valence electrons. The Morgan fingerprint density at radius 2 is 1.15 bits per heavy atom. The van der Waals surface area contributed by atoms with Crippen LogP contribution in [0.5, 0.6) is 0 Å². The van der Waals surface area contributed by atoms with Crippen LogP contribution >= 0.6 is 12.2 Å². The number of nitrogens with one attached hydrogen (secondary N) is 4. The van der Waals surface area contributed by atoms with Gasteiger partial charge < -0.3 is 21.3 Å². The number of para-hydroxylation sites is 2. The molecule has 0 atom stereocenters. The van der Waals surface area contributed by atoms with Gasteiger partial charge in [-0.05, 0) is 64.2 Å². The van der Waals surface area contributed by atoms with Crippen molar-refractivity contribution >= 4 is 34.7 Å². The molecular weight excluding hydrogens is 344 g/mol. The molecule has 4 N–H and O–H groups in total. The largest absolute Gasteiger partial charge is 0.360 e. The maximum atomic E-state index is 11.2. The van der Waals surface area contributed by atoms with Crippen molar-refractivity contribution in [2.45, 2.75) is 39.8 Å². The van der Waals surface area contributed by atoms with Crippen LogP contribution in [0.25, 0.3) is 0 Å². The van der Waals surface area contributed by atoms with Gasteiger partial charge in [0, 0.05) is 23.5 Å². The van der Waals surface area contributed by atoms with Crippen molar-refractivity contribution in [3.05, 3.63) is 60.7 Å². The lowest BCUT2D eigenvalue weighted by Crippen LogP contribution is -2.34. The highest BCUT2D eigenvalue weighted by Crippen LogP contribution is 2.05. The second kappa shape index (κ2) is 11.9. The van der Waals surface area contributed by atoms with E-state index in [-0.39, 0.29) is 12.1 Å². The Morgan fingerprint density at radius 3 is 1.58 bits per heavy atom. The van der Waals surface area contributed by atoms with Crippen LogP contribution in [-0.2, 0) is 0 Å². The Bertz CT molecular complexity index is 601. The number of carbonyl (C=O) groups excluding carboxylic acids is 1. The molecule has 5 nitrogen and oxygen atoms in total. The zero-order valence-corrected chi connectivity index (χ0v) is 16.6. The van der Waals surface area contributed by atoms with Gasteiger partial charge >= 0.3 is 6.03 Å². The van der Waals surface area contributed by atoms with Gasteiger partial charge in [0.25, 0.3) is 0 Å². The summed E-state index contributed by atoms with van der Waals surface area (Å²) in [5, 5.41) is 12.3. The number of hydrogen-bond acceptors (Lipinski definition) is 2. The molecule has 0 aliphatic carbocycles. The summed E-state index contributed by atoms with van der Waals surface area (Å²) in [7, 11) is 0. The monoisotopic (exact) mass is 372 g/mol. The first-order chi connectivity index (χ1) is 12.4. The molecule has 0 aromatic heterocycles. The molecule has 2 amide bonds. The Kier molecular flexibility index (Phi) is 9.79. The lowest BCUT2D eigenvalue weighted by Gasteiger charge is -2.12. The van der Waals surface area contributed by atoms with E-state index in [1.54, 1.807) is 0 Å². The minimum Gasteiger partial charge on any atom is -0.360 e. The normalized spacial score (nSPS) is 9.77. The van der Waals surface area contributed by atoms with Gasteiger partial charge in [0.15, 0.2) is 5.11 Å².